The Kier molecular flexibility index (Phi) is 5.52. The molecule has 0 unspecified atom stereocenters. The monoisotopic (exact) mass is 291 g/mol. The number of carbonyl (C=O) groups is 2. The number of carbonyl (C=O) groups excluding carboxylic acids is 1. The number of rotatable bonds is 1. The minimum absolute atomic E-state index is 0.373. The maximum atomic E-state index is 10.6. The topological polar surface area (TPSA) is 66.8 Å². The molecule has 114 valence electrons. The molecule has 0 aliphatic carbocycles. The normalized spacial score (nSPS) is 12.8. The number of ether oxygens (including phenoxy) is 1. The Morgan fingerprint density at radius 2 is 1.71 bits per heavy atom. The summed E-state index contributed by atoms with van der Waals surface area (Å²) in [6, 6.07) is 7.81. The number of carboxylic acid groups (broad SMARTS) is 1. The smallest absolute Gasteiger partial charge is 0.407 e. The summed E-state index contributed by atoms with van der Waals surface area (Å²) in [5.74, 6) is -0.373. The van der Waals surface area contributed by atoms with Gasteiger partial charge in [0.15, 0.2) is 0 Å². The molecule has 1 amide bonds. The van der Waals surface area contributed by atoms with E-state index in [-0.39, 0.29) is 5.97 Å². The van der Waals surface area contributed by atoms with E-state index in [1.807, 2.05) is 45.0 Å². The van der Waals surface area contributed by atoms with E-state index in [1.54, 1.807) is 0 Å². The van der Waals surface area contributed by atoms with E-state index in [9.17, 15) is 9.59 Å². The predicted molar refractivity (Wildman–Crippen MR) is 79.8 cm³/mol. The molecule has 2 rings (SSSR count). The van der Waals surface area contributed by atoms with E-state index < -0.39 is 11.7 Å². The Balaban J connectivity index is 0.000000222. The molecule has 1 aliphatic rings. The fraction of sp³-hybridized carbons (Fsp3) is 0.375. The zero-order chi connectivity index (χ0) is 16.0. The first-order chi connectivity index (χ1) is 9.73. The van der Waals surface area contributed by atoms with Crippen molar-refractivity contribution in [1.82, 2.24) is 4.90 Å². The molecule has 0 radical (unpaired) electrons. The standard InChI is InChI=1S/C9H9NO2.C7H12O2/c11-9(12)10-5-7-3-1-2-4-8(7)6-10;1-5-6(8)9-7(2,3)4/h1-4H,5-6H2,(H,11,12);5H,1H2,2-4H3. The molecule has 1 heterocycles. The number of nitrogens with zero attached hydrogens (tertiary/aromatic N) is 1. The van der Waals surface area contributed by atoms with Crippen LogP contribution < -0.4 is 0 Å². The average molecular weight is 291 g/mol. The predicted octanol–water partition coefficient (Wildman–Crippen LogP) is 3.19. The van der Waals surface area contributed by atoms with E-state index in [1.165, 1.54) is 4.90 Å². The van der Waals surface area contributed by atoms with E-state index >= 15 is 0 Å². The van der Waals surface area contributed by atoms with E-state index in [0.717, 1.165) is 17.2 Å². The maximum absolute atomic E-state index is 10.6. The first kappa shape index (κ1) is 16.8. The molecule has 0 bridgehead atoms. The summed E-state index contributed by atoms with van der Waals surface area (Å²) in [5, 5.41) is 8.71. The van der Waals surface area contributed by atoms with Gasteiger partial charge in [-0.3, -0.25) is 4.90 Å². The van der Waals surface area contributed by atoms with Crippen molar-refractivity contribution in [2.45, 2.75) is 39.5 Å². The van der Waals surface area contributed by atoms with Crippen LogP contribution >= 0.6 is 0 Å². The highest BCUT2D eigenvalue weighted by atomic mass is 16.6. The van der Waals surface area contributed by atoms with Crippen molar-refractivity contribution in [3.8, 4) is 0 Å². The number of hydrogen-bond donors (Lipinski definition) is 1. The molecule has 0 atom stereocenters. The van der Waals surface area contributed by atoms with Crippen LogP contribution in [0.4, 0.5) is 4.79 Å². The van der Waals surface area contributed by atoms with Crippen LogP contribution in [0.25, 0.3) is 0 Å². The van der Waals surface area contributed by atoms with Crippen molar-refractivity contribution in [1.29, 1.82) is 0 Å². The number of amides is 1. The molecule has 1 aromatic carbocycles. The number of benzene rings is 1. The van der Waals surface area contributed by atoms with Gasteiger partial charge in [0.1, 0.15) is 5.60 Å². The Morgan fingerprint density at radius 1 is 1.24 bits per heavy atom. The molecule has 0 aromatic heterocycles. The van der Waals surface area contributed by atoms with Crippen molar-refractivity contribution in [3.05, 3.63) is 48.0 Å². The van der Waals surface area contributed by atoms with Crippen LogP contribution in [0.3, 0.4) is 0 Å². The molecule has 0 saturated heterocycles. The van der Waals surface area contributed by atoms with Crippen molar-refractivity contribution < 1.29 is 19.4 Å². The van der Waals surface area contributed by atoms with Crippen LogP contribution in [0.1, 0.15) is 31.9 Å². The Morgan fingerprint density at radius 3 is 2.00 bits per heavy atom. The summed E-state index contributed by atoms with van der Waals surface area (Å²) < 4.78 is 4.83. The maximum Gasteiger partial charge on any atom is 0.407 e. The summed E-state index contributed by atoms with van der Waals surface area (Å²) >= 11 is 0. The molecule has 21 heavy (non-hydrogen) atoms. The number of fused-ring (bicyclic) bond motifs is 1. The lowest BCUT2D eigenvalue weighted by molar-refractivity contribution is -0.148. The third kappa shape index (κ3) is 5.69. The van der Waals surface area contributed by atoms with E-state index in [0.29, 0.717) is 13.1 Å². The van der Waals surface area contributed by atoms with Crippen LogP contribution in [0, 0.1) is 0 Å². The largest absolute Gasteiger partial charge is 0.465 e. The second kappa shape index (κ2) is 6.92. The fourth-order valence-corrected chi connectivity index (χ4v) is 1.81. The van der Waals surface area contributed by atoms with Gasteiger partial charge in [-0.25, -0.2) is 9.59 Å². The van der Waals surface area contributed by atoms with Gasteiger partial charge >= 0.3 is 12.1 Å². The SMILES string of the molecule is C=CC(=O)OC(C)(C)C.O=C(O)N1Cc2ccccc2C1. The van der Waals surface area contributed by atoms with E-state index in [2.05, 4.69) is 6.58 Å². The lowest BCUT2D eigenvalue weighted by atomic mass is 10.1. The summed E-state index contributed by atoms with van der Waals surface area (Å²) in [6.45, 7) is 9.78. The molecule has 1 aliphatic heterocycles. The van der Waals surface area contributed by atoms with Crippen LogP contribution in [0.15, 0.2) is 36.9 Å². The molecular weight excluding hydrogens is 270 g/mol. The van der Waals surface area contributed by atoms with Crippen LogP contribution in [-0.4, -0.2) is 27.7 Å². The molecule has 1 N–H and O–H groups in total. The average Bonchev–Trinajstić information content (AvgIpc) is 2.81. The highest BCUT2D eigenvalue weighted by Gasteiger charge is 2.21. The quantitative estimate of drug-likeness (QED) is 0.637. The fourth-order valence-electron chi connectivity index (χ4n) is 1.81. The van der Waals surface area contributed by atoms with Gasteiger partial charge in [-0.2, -0.15) is 0 Å². The Hall–Kier alpha value is -2.30. The number of esters is 1. The van der Waals surface area contributed by atoms with Gasteiger partial charge in [0.2, 0.25) is 0 Å². The highest BCUT2D eigenvalue weighted by molar-refractivity contribution is 5.81. The van der Waals surface area contributed by atoms with Gasteiger partial charge in [-0.05, 0) is 31.9 Å². The Bertz CT molecular complexity index is 506. The molecule has 5 heteroatoms. The zero-order valence-corrected chi connectivity index (χ0v) is 12.6. The van der Waals surface area contributed by atoms with Crippen LogP contribution in [0.2, 0.25) is 0 Å². The minimum atomic E-state index is -0.841. The van der Waals surface area contributed by atoms with Gasteiger partial charge in [0, 0.05) is 19.2 Å². The van der Waals surface area contributed by atoms with Gasteiger partial charge < -0.3 is 9.84 Å². The van der Waals surface area contributed by atoms with Crippen molar-refractivity contribution >= 4 is 12.1 Å². The lowest BCUT2D eigenvalue weighted by Gasteiger charge is -2.17. The van der Waals surface area contributed by atoms with Gasteiger partial charge in [-0.15, -0.1) is 0 Å². The zero-order valence-electron chi connectivity index (χ0n) is 12.6. The van der Waals surface area contributed by atoms with Crippen molar-refractivity contribution in [2.24, 2.45) is 0 Å². The summed E-state index contributed by atoms with van der Waals surface area (Å²) in [5.41, 5.74) is 1.85. The first-order valence-corrected chi connectivity index (χ1v) is 6.63. The molecule has 1 aromatic rings. The number of hydrogen-bond acceptors (Lipinski definition) is 3. The molecule has 0 spiro atoms. The molecule has 0 saturated carbocycles. The lowest BCUT2D eigenvalue weighted by Crippen LogP contribution is -2.22. The molecule has 0 fully saturated rings. The second-order valence-corrected chi connectivity index (χ2v) is 5.64. The minimum Gasteiger partial charge on any atom is -0.465 e. The highest BCUT2D eigenvalue weighted by Crippen LogP contribution is 2.21. The van der Waals surface area contributed by atoms with Gasteiger partial charge in [-0.1, -0.05) is 30.8 Å². The van der Waals surface area contributed by atoms with Gasteiger partial charge in [0.25, 0.3) is 0 Å². The van der Waals surface area contributed by atoms with Crippen molar-refractivity contribution in [3.63, 3.8) is 0 Å². The van der Waals surface area contributed by atoms with Gasteiger partial charge in [0.05, 0.1) is 0 Å². The third-order valence-corrected chi connectivity index (χ3v) is 2.68. The summed E-state index contributed by atoms with van der Waals surface area (Å²) in [6.07, 6.45) is 0.317. The van der Waals surface area contributed by atoms with Crippen molar-refractivity contribution in [2.75, 3.05) is 0 Å². The van der Waals surface area contributed by atoms with E-state index in [4.69, 9.17) is 9.84 Å². The molecule has 5 nitrogen and oxygen atoms in total. The second-order valence-electron chi connectivity index (χ2n) is 5.64. The summed E-state index contributed by atoms with van der Waals surface area (Å²) in [4.78, 5) is 22.5. The third-order valence-electron chi connectivity index (χ3n) is 2.68. The molecular formula is C16H21NO4. The summed E-state index contributed by atoms with van der Waals surface area (Å²) in [7, 11) is 0. The first-order valence-electron chi connectivity index (χ1n) is 6.63. The Labute approximate surface area is 124 Å². The van der Waals surface area contributed by atoms with Crippen LogP contribution in [0.5, 0.6) is 0 Å². The van der Waals surface area contributed by atoms with Crippen LogP contribution in [-0.2, 0) is 22.6 Å².